The fraction of sp³-hybridized carbons (Fsp3) is 0.909. The molecule has 5 heteroatoms. The van der Waals surface area contributed by atoms with Gasteiger partial charge < -0.3 is 20.3 Å². The molecule has 1 aliphatic heterocycles. The van der Waals surface area contributed by atoms with Crippen molar-refractivity contribution in [2.75, 3.05) is 40.3 Å². The van der Waals surface area contributed by atoms with Crippen molar-refractivity contribution in [3.8, 4) is 0 Å². The Labute approximate surface area is 97.5 Å². The van der Waals surface area contributed by atoms with Crippen LogP contribution < -0.4 is 10.6 Å². The van der Waals surface area contributed by atoms with E-state index in [0.717, 1.165) is 26.1 Å². The second-order valence-electron chi connectivity index (χ2n) is 4.24. The monoisotopic (exact) mass is 229 g/mol. The second-order valence-corrected chi connectivity index (χ2v) is 4.24. The van der Waals surface area contributed by atoms with Crippen molar-refractivity contribution < 1.29 is 9.53 Å². The third kappa shape index (κ3) is 4.08. The molecule has 5 nitrogen and oxygen atoms in total. The molecule has 2 unspecified atom stereocenters. The van der Waals surface area contributed by atoms with Crippen LogP contribution in [0.5, 0.6) is 0 Å². The van der Waals surface area contributed by atoms with Crippen LogP contribution in [0.2, 0.25) is 0 Å². The number of rotatable bonds is 6. The number of hydrogen-bond donors (Lipinski definition) is 2. The zero-order chi connectivity index (χ0) is 12.0. The lowest BCUT2D eigenvalue weighted by atomic mass is 10.2. The van der Waals surface area contributed by atoms with Crippen LogP contribution in [-0.2, 0) is 9.53 Å². The van der Waals surface area contributed by atoms with Crippen LogP contribution >= 0.6 is 0 Å². The molecule has 0 aromatic heterocycles. The lowest BCUT2D eigenvalue weighted by molar-refractivity contribution is -0.123. The maximum atomic E-state index is 11.7. The lowest BCUT2D eigenvalue weighted by Gasteiger charge is -2.15. The minimum absolute atomic E-state index is 0.0862. The SMILES string of the molecule is CCN(C)CCNC(=O)C1CC(OC)CN1. The van der Waals surface area contributed by atoms with Gasteiger partial charge in [0, 0.05) is 26.7 Å². The van der Waals surface area contributed by atoms with E-state index in [4.69, 9.17) is 4.74 Å². The molecule has 94 valence electrons. The average molecular weight is 229 g/mol. The number of methoxy groups -OCH3 is 1. The summed E-state index contributed by atoms with van der Waals surface area (Å²) in [7, 11) is 3.73. The smallest absolute Gasteiger partial charge is 0.237 e. The highest BCUT2D eigenvalue weighted by Crippen LogP contribution is 2.09. The van der Waals surface area contributed by atoms with Gasteiger partial charge in [0.2, 0.25) is 5.91 Å². The van der Waals surface area contributed by atoms with E-state index >= 15 is 0 Å². The Balaban J connectivity index is 2.16. The number of nitrogens with one attached hydrogen (secondary N) is 2. The van der Waals surface area contributed by atoms with Gasteiger partial charge in [-0.05, 0) is 20.0 Å². The van der Waals surface area contributed by atoms with Crippen LogP contribution in [0.15, 0.2) is 0 Å². The van der Waals surface area contributed by atoms with Crippen LogP contribution in [0.4, 0.5) is 0 Å². The average Bonchev–Trinajstić information content (AvgIpc) is 2.77. The van der Waals surface area contributed by atoms with Gasteiger partial charge in [-0.2, -0.15) is 0 Å². The Morgan fingerprint density at radius 1 is 1.62 bits per heavy atom. The fourth-order valence-electron chi connectivity index (χ4n) is 1.73. The molecule has 1 aliphatic rings. The van der Waals surface area contributed by atoms with Crippen molar-refractivity contribution in [2.24, 2.45) is 0 Å². The molecule has 0 bridgehead atoms. The third-order valence-corrected chi connectivity index (χ3v) is 3.07. The van der Waals surface area contributed by atoms with E-state index in [9.17, 15) is 4.79 Å². The Hall–Kier alpha value is -0.650. The van der Waals surface area contributed by atoms with Crippen LogP contribution in [0.1, 0.15) is 13.3 Å². The van der Waals surface area contributed by atoms with Crippen molar-refractivity contribution in [1.29, 1.82) is 0 Å². The molecule has 1 rings (SSSR count). The first kappa shape index (κ1) is 13.4. The van der Waals surface area contributed by atoms with Gasteiger partial charge in [-0.1, -0.05) is 6.92 Å². The minimum atomic E-state index is -0.0862. The Bertz CT molecular complexity index is 223. The highest BCUT2D eigenvalue weighted by atomic mass is 16.5. The number of likely N-dealkylation sites (N-methyl/N-ethyl adjacent to an activating group) is 1. The summed E-state index contributed by atoms with van der Waals surface area (Å²) in [4.78, 5) is 13.9. The van der Waals surface area contributed by atoms with Gasteiger partial charge in [-0.25, -0.2) is 0 Å². The first-order chi connectivity index (χ1) is 7.67. The minimum Gasteiger partial charge on any atom is -0.380 e. The van der Waals surface area contributed by atoms with Gasteiger partial charge in [0.25, 0.3) is 0 Å². The molecule has 0 spiro atoms. The molecule has 1 amide bonds. The molecule has 0 saturated carbocycles. The quantitative estimate of drug-likeness (QED) is 0.640. The van der Waals surface area contributed by atoms with E-state index in [1.807, 2.05) is 7.05 Å². The molecular formula is C11H23N3O2. The standard InChI is InChI=1S/C11H23N3O2/c1-4-14(2)6-5-12-11(15)10-7-9(16-3)8-13-10/h9-10,13H,4-8H2,1-3H3,(H,12,15). The topological polar surface area (TPSA) is 53.6 Å². The van der Waals surface area contributed by atoms with E-state index in [-0.39, 0.29) is 18.1 Å². The summed E-state index contributed by atoms with van der Waals surface area (Å²) in [6.07, 6.45) is 0.945. The summed E-state index contributed by atoms with van der Waals surface area (Å²) < 4.78 is 5.20. The van der Waals surface area contributed by atoms with Crippen LogP contribution in [0, 0.1) is 0 Å². The summed E-state index contributed by atoms with van der Waals surface area (Å²) in [6, 6.07) is -0.0862. The van der Waals surface area contributed by atoms with E-state index in [0.29, 0.717) is 6.54 Å². The molecule has 16 heavy (non-hydrogen) atoms. The predicted octanol–water partition coefficient (Wildman–Crippen LogP) is -0.569. The van der Waals surface area contributed by atoms with Gasteiger partial charge in [0.05, 0.1) is 12.1 Å². The molecule has 0 aromatic rings. The number of amides is 1. The van der Waals surface area contributed by atoms with E-state index < -0.39 is 0 Å². The molecule has 2 atom stereocenters. The van der Waals surface area contributed by atoms with Crippen LogP contribution in [0.25, 0.3) is 0 Å². The van der Waals surface area contributed by atoms with E-state index in [1.165, 1.54) is 0 Å². The maximum absolute atomic E-state index is 11.7. The predicted molar refractivity (Wildman–Crippen MR) is 63.4 cm³/mol. The molecule has 1 saturated heterocycles. The maximum Gasteiger partial charge on any atom is 0.237 e. The van der Waals surface area contributed by atoms with Crippen molar-refractivity contribution in [1.82, 2.24) is 15.5 Å². The van der Waals surface area contributed by atoms with E-state index in [1.54, 1.807) is 7.11 Å². The molecule has 1 fully saturated rings. The van der Waals surface area contributed by atoms with Crippen molar-refractivity contribution in [3.05, 3.63) is 0 Å². The normalized spacial score (nSPS) is 25.0. The number of nitrogens with zero attached hydrogens (tertiary/aromatic N) is 1. The molecule has 0 aliphatic carbocycles. The molecule has 2 N–H and O–H groups in total. The highest BCUT2D eigenvalue weighted by molar-refractivity contribution is 5.82. The summed E-state index contributed by atoms with van der Waals surface area (Å²) >= 11 is 0. The molecule has 1 heterocycles. The van der Waals surface area contributed by atoms with Gasteiger partial charge in [0.1, 0.15) is 0 Å². The fourth-order valence-corrected chi connectivity index (χ4v) is 1.73. The van der Waals surface area contributed by atoms with Gasteiger partial charge in [-0.15, -0.1) is 0 Å². The zero-order valence-electron chi connectivity index (χ0n) is 10.5. The van der Waals surface area contributed by atoms with Crippen LogP contribution in [0.3, 0.4) is 0 Å². The van der Waals surface area contributed by atoms with Crippen molar-refractivity contribution in [2.45, 2.75) is 25.5 Å². The molecule has 0 radical (unpaired) electrons. The Morgan fingerprint density at radius 3 is 2.94 bits per heavy atom. The van der Waals surface area contributed by atoms with Gasteiger partial charge in [-0.3, -0.25) is 4.79 Å². The molecular weight excluding hydrogens is 206 g/mol. The summed E-state index contributed by atoms with van der Waals surface area (Å²) in [5, 5.41) is 6.09. The first-order valence-corrected chi connectivity index (χ1v) is 5.89. The summed E-state index contributed by atoms with van der Waals surface area (Å²) in [5.41, 5.74) is 0. The van der Waals surface area contributed by atoms with E-state index in [2.05, 4.69) is 22.5 Å². The van der Waals surface area contributed by atoms with Crippen molar-refractivity contribution >= 4 is 5.91 Å². The number of carbonyl (C=O) groups is 1. The third-order valence-electron chi connectivity index (χ3n) is 3.07. The van der Waals surface area contributed by atoms with Crippen molar-refractivity contribution in [3.63, 3.8) is 0 Å². The first-order valence-electron chi connectivity index (χ1n) is 5.89. The number of ether oxygens (including phenoxy) is 1. The molecule has 0 aromatic carbocycles. The Kier molecular flexibility index (Phi) is 5.73. The van der Waals surface area contributed by atoms with Gasteiger partial charge >= 0.3 is 0 Å². The summed E-state index contributed by atoms with van der Waals surface area (Å²) in [6.45, 7) is 5.47. The number of carbonyl (C=O) groups excluding carboxylic acids is 1. The highest BCUT2D eigenvalue weighted by Gasteiger charge is 2.28. The Morgan fingerprint density at radius 2 is 2.38 bits per heavy atom. The summed E-state index contributed by atoms with van der Waals surface area (Å²) in [5.74, 6) is 0.0871. The second kappa shape index (κ2) is 6.83. The zero-order valence-corrected chi connectivity index (χ0v) is 10.5. The van der Waals surface area contributed by atoms with Gasteiger partial charge in [0.15, 0.2) is 0 Å². The number of hydrogen-bond acceptors (Lipinski definition) is 4. The largest absolute Gasteiger partial charge is 0.380 e. The van der Waals surface area contributed by atoms with Crippen LogP contribution in [-0.4, -0.2) is 63.3 Å². The lowest BCUT2D eigenvalue weighted by Crippen LogP contribution is -2.42.